The summed E-state index contributed by atoms with van der Waals surface area (Å²) in [7, 11) is 0. The van der Waals surface area contributed by atoms with Gasteiger partial charge in [-0.15, -0.1) is 0 Å². The summed E-state index contributed by atoms with van der Waals surface area (Å²) in [5.74, 6) is 1.95. The number of hydrogen-bond donors (Lipinski definition) is 0. The second-order valence-electron chi connectivity index (χ2n) is 12.7. The summed E-state index contributed by atoms with van der Waals surface area (Å²) < 4.78 is 6.82. The van der Waals surface area contributed by atoms with E-state index in [2.05, 4.69) is 128 Å². The van der Waals surface area contributed by atoms with E-state index < -0.39 is 0 Å². The largest absolute Gasteiger partial charge is 0.458 e. The van der Waals surface area contributed by atoms with Gasteiger partial charge in [0.25, 0.3) is 6.71 Å². The molecular weight excluding hydrogens is 526 g/mol. The highest BCUT2D eigenvalue weighted by atomic mass is 32.2. The molecule has 0 unspecified atom stereocenters. The molecule has 42 heavy (non-hydrogen) atoms. The summed E-state index contributed by atoms with van der Waals surface area (Å²) in [4.78, 5) is 2.69. The van der Waals surface area contributed by atoms with E-state index in [1.165, 1.54) is 87.1 Å². The van der Waals surface area contributed by atoms with Gasteiger partial charge in [-0.05, 0) is 90.6 Å². The van der Waals surface area contributed by atoms with Gasteiger partial charge in [0.15, 0.2) is 0 Å². The first-order chi connectivity index (χ1) is 20.1. The van der Waals surface area contributed by atoms with Crippen LogP contribution >= 0.6 is 11.8 Å². The second kappa shape index (κ2) is 9.99. The van der Waals surface area contributed by atoms with Crippen molar-refractivity contribution < 1.29 is 4.74 Å². The van der Waals surface area contributed by atoms with Crippen molar-refractivity contribution in [3.63, 3.8) is 0 Å². The van der Waals surface area contributed by atoms with Gasteiger partial charge in [0.05, 0.1) is 0 Å². The lowest BCUT2D eigenvalue weighted by Gasteiger charge is -2.33. The Morgan fingerprint density at radius 1 is 0.429 bits per heavy atom. The predicted octanol–water partition coefficient (Wildman–Crippen LogP) is 5.76. The van der Waals surface area contributed by atoms with Crippen LogP contribution in [0, 0.1) is 55.4 Å². The quantitative estimate of drug-likeness (QED) is 0.248. The Morgan fingerprint density at radius 3 is 1.50 bits per heavy atom. The van der Waals surface area contributed by atoms with Crippen LogP contribution in [0.25, 0.3) is 0 Å². The highest BCUT2D eigenvalue weighted by Gasteiger charge is 2.39. The van der Waals surface area contributed by atoms with E-state index in [0.29, 0.717) is 0 Å². The van der Waals surface area contributed by atoms with Gasteiger partial charge in [-0.3, -0.25) is 0 Å². The molecule has 5 aromatic rings. The Morgan fingerprint density at radius 2 is 0.905 bits per heavy atom. The minimum Gasteiger partial charge on any atom is -0.458 e. The molecule has 0 N–H and O–H groups in total. The third-order valence-electron chi connectivity index (χ3n) is 9.21. The van der Waals surface area contributed by atoms with E-state index in [4.69, 9.17) is 4.74 Å². The van der Waals surface area contributed by atoms with Crippen LogP contribution in [0.5, 0.6) is 11.5 Å². The van der Waals surface area contributed by atoms with Gasteiger partial charge in [0.1, 0.15) is 11.5 Å². The summed E-state index contributed by atoms with van der Waals surface area (Å²) in [5.41, 5.74) is 18.7. The SMILES string of the molecule is Cc1cc(C)c(B2c3cc(C)ccc3Oc3cc4c(cc32)Sc2ccc(C)cc2B4c2c(C)cc(C)cc2C)c(C)c1. The lowest BCUT2D eigenvalue weighted by Crippen LogP contribution is -2.60. The molecule has 0 fully saturated rings. The molecule has 0 aromatic heterocycles. The fourth-order valence-electron chi connectivity index (χ4n) is 7.68. The maximum absolute atomic E-state index is 6.82. The average Bonchev–Trinajstić information content (AvgIpc) is 2.91. The molecule has 2 heterocycles. The molecule has 4 heteroatoms. The molecule has 2 aliphatic heterocycles. The zero-order valence-corrected chi connectivity index (χ0v) is 26.7. The zero-order valence-electron chi connectivity index (χ0n) is 25.9. The van der Waals surface area contributed by atoms with Gasteiger partial charge < -0.3 is 4.74 Å². The molecule has 5 aromatic carbocycles. The van der Waals surface area contributed by atoms with Crippen LogP contribution in [0.4, 0.5) is 0 Å². The summed E-state index contributed by atoms with van der Waals surface area (Å²) in [6.45, 7) is 18.2. The normalized spacial score (nSPS) is 13.2. The zero-order chi connectivity index (χ0) is 29.4. The molecule has 7 rings (SSSR count). The Bertz CT molecular complexity index is 1750. The fourth-order valence-corrected chi connectivity index (χ4v) is 8.83. The van der Waals surface area contributed by atoms with E-state index in [0.717, 1.165) is 11.5 Å². The molecule has 0 radical (unpaired) electrons. The molecule has 0 atom stereocenters. The van der Waals surface area contributed by atoms with Gasteiger partial charge in [0.2, 0.25) is 6.71 Å². The van der Waals surface area contributed by atoms with Crippen LogP contribution in [0.3, 0.4) is 0 Å². The topological polar surface area (TPSA) is 9.23 Å². The van der Waals surface area contributed by atoms with Crippen molar-refractivity contribution in [2.45, 2.75) is 65.2 Å². The summed E-state index contributed by atoms with van der Waals surface area (Å²) in [6.07, 6.45) is 0. The minimum atomic E-state index is 0.121. The van der Waals surface area contributed by atoms with Crippen molar-refractivity contribution in [1.82, 2.24) is 0 Å². The third kappa shape index (κ3) is 4.34. The van der Waals surface area contributed by atoms with Gasteiger partial charge in [-0.25, -0.2) is 0 Å². The van der Waals surface area contributed by atoms with E-state index in [1.54, 1.807) is 0 Å². The maximum Gasteiger partial charge on any atom is 0.251 e. The molecular formula is C38H36B2OS. The second-order valence-corrected chi connectivity index (χ2v) is 13.8. The van der Waals surface area contributed by atoms with E-state index in [1.807, 2.05) is 11.8 Å². The predicted molar refractivity (Wildman–Crippen MR) is 184 cm³/mol. The molecule has 1 nitrogen and oxygen atoms in total. The molecule has 0 aliphatic carbocycles. The average molecular weight is 562 g/mol. The third-order valence-corrected chi connectivity index (χ3v) is 10.4. The van der Waals surface area contributed by atoms with Crippen molar-refractivity contribution in [2.75, 3.05) is 0 Å². The number of rotatable bonds is 2. The maximum atomic E-state index is 6.82. The first-order valence-corrected chi connectivity index (χ1v) is 15.8. The first-order valence-electron chi connectivity index (χ1n) is 15.0. The molecule has 0 bridgehead atoms. The molecule has 2 aliphatic rings. The smallest absolute Gasteiger partial charge is 0.251 e. The summed E-state index contributed by atoms with van der Waals surface area (Å²) >= 11 is 1.91. The molecule has 0 amide bonds. The Kier molecular flexibility index (Phi) is 6.47. The van der Waals surface area contributed by atoms with Crippen molar-refractivity contribution in [1.29, 1.82) is 0 Å². The van der Waals surface area contributed by atoms with Crippen LogP contribution in [0.1, 0.15) is 44.5 Å². The molecule has 206 valence electrons. The van der Waals surface area contributed by atoms with Gasteiger partial charge in [-0.2, -0.15) is 0 Å². The highest BCUT2D eigenvalue weighted by Crippen LogP contribution is 2.34. The number of hydrogen-bond acceptors (Lipinski definition) is 2. The lowest BCUT2D eigenvalue weighted by molar-refractivity contribution is 0.487. The van der Waals surface area contributed by atoms with Crippen LogP contribution in [-0.4, -0.2) is 13.4 Å². The Labute approximate surface area is 255 Å². The van der Waals surface area contributed by atoms with E-state index >= 15 is 0 Å². The van der Waals surface area contributed by atoms with Gasteiger partial charge in [-0.1, -0.05) is 127 Å². The molecule has 0 saturated heterocycles. The molecule has 0 spiro atoms. The number of ether oxygens (including phenoxy) is 1. The monoisotopic (exact) mass is 562 g/mol. The fraction of sp³-hybridized carbons (Fsp3) is 0.211. The number of aryl methyl sites for hydroxylation is 8. The standard InChI is InChI=1S/C38H36B2OS/c1-21-9-11-33-29(17-21)39(37-25(5)13-23(3)14-26(37)6)30-20-36-32(19-34(30)41-33)40(31-18-22(2)10-12-35(31)42-36)38-27(7)15-24(4)16-28(38)8/h9-20H,1-8H3. The van der Waals surface area contributed by atoms with Crippen LogP contribution in [0.15, 0.2) is 82.6 Å². The van der Waals surface area contributed by atoms with Gasteiger partial charge in [0, 0.05) is 9.79 Å². The van der Waals surface area contributed by atoms with Crippen molar-refractivity contribution in [3.05, 3.63) is 117 Å². The van der Waals surface area contributed by atoms with Crippen LogP contribution in [0.2, 0.25) is 0 Å². The van der Waals surface area contributed by atoms with Crippen LogP contribution in [-0.2, 0) is 0 Å². The first kappa shape index (κ1) is 27.2. The highest BCUT2D eigenvalue weighted by molar-refractivity contribution is 8.00. The Hall–Kier alpha value is -3.62. The number of benzene rings is 5. The number of fused-ring (bicyclic) bond motifs is 4. The molecule has 0 saturated carbocycles. The van der Waals surface area contributed by atoms with Crippen molar-refractivity contribution in [3.8, 4) is 11.5 Å². The lowest BCUT2D eigenvalue weighted by atomic mass is 9.32. The summed E-state index contributed by atoms with van der Waals surface area (Å²) in [5, 5.41) is 0. The van der Waals surface area contributed by atoms with Crippen LogP contribution < -0.4 is 37.5 Å². The minimum absolute atomic E-state index is 0.121. The Balaban J connectivity index is 1.51. The van der Waals surface area contributed by atoms with Gasteiger partial charge >= 0.3 is 0 Å². The van der Waals surface area contributed by atoms with E-state index in [9.17, 15) is 0 Å². The summed E-state index contributed by atoms with van der Waals surface area (Å²) in [6, 6.07) is 27.8. The van der Waals surface area contributed by atoms with Crippen molar-refractivity contribution in [2.24, 2.45) is 0 Å². The van der Waals surface area contributed by atoms with E-state index in [-0.39, 0.29) is 13.4 Å². The van der Waals surface area contributed by atoms with Crippen molar-refractivity contribution >= 4 is 58.0 Å².